The van der Waals surface area contributed by atoms with Crippen molar-refractivity contribution in [3.05, 3.63) is 34.9 Å². The summed E-state index contributed by atoms with van der Waals surface area (Å²) in [4.78, 5) is 0. The second-order valence-corrected chi connectivity index (χ2v) is 6.27. The number of hydrogen-bond acceptors (Lipinski definition) is 2. The predicted molar refractivity (Wildman–Crippen MR) is 78.8 cm³/mol. The van der Waals surface area contributed by atoms with Crippen LogP contribution in [0.5, 0.6) is 0 Å². The van der Waals surface area contributed by atoms with Crippen LogP contribution in [0, 0.1) is 0 Å². The summed E-state index contributed by atoms with van der Waals surface area (Å²) in [6, 6.07) is 9.44. The van der Waals surface area contributed by atoms with E-state index in [1.165, 1.54) is 37.7 Å². The van der Waals surface area contributed by atoms with E-state index in [2.05, 4.69) is 17.4 Å². The van der Waals surface area contributed by atoms with Crippen molar-refractivity contribution in [1.82, 2.24) is 5.32 Å². The van der Waals surface area contributed by atoms with Crippen molar-refractivity contribution in [2.24, 2.45) is 0 Å². The van der Waals surface area contributed by atoms with E-state index in [-0.39, 0.29) is 0 Å². The smallest absolute Gasteiger partial charge is 0.0724 e. The fraction of sp³-hybridized carbons (Fsp3) is 0.625. The highest BCUT2D eigenvalue weighted by Crippen LogP contribution is 2.40. The number of rotatable bonds is 4. The van der Waals surface area contributed by atoms with Gasteiger partial charge in [0.1, 0.15) is 0 Å². The van der Waals surface area contributed by atoms with Crippen molar-refractivity contribution < 1.29 is 4.74 Å². The molecule has 19 heavy (non-hydrogen) atoms. The predicted octanol–water partition coefficient (Wildman–Crippen LogP) is 3.74. The number of nitrogens with one attached hydrogen (secondary N) is 1. The zero-order valence-electron chi connectivity index (χ0n) is 11.4. The molecule has 2 atom stereocenters. The Morgan fingerprint density at radius 1 is 1.21 bits per heavy atom. The molecular weight excluding hydrogens is 258 g/mol. The lowest BCUT2D eigenvalue weighted by atomic mass is 9.75. The maximum Gasteiger partial charge on any atom is 0.0724 e. The lowest BCUT2D eigenvalue weighted by Gasteiger charge is -2.39. The highest BCUT2D eigenvalue weighted by Gasteiger charge is 2.35. The first kappa shape index (κ1) is 13.4. The summed E-state index contributed by atoms with van der Waals surface area (Å²) >= 11 is 6.25. The van der Waals surface area contributed by atoms with E-state index in [1.54, 1.807) is 0 Å². The maximum absolute atomic E-state index is 6.25. The lowest BCUT2D eigenvalue weighted by molar-refractivity contribution is 0.0747. The molecule has 2 aliphatic carbocycles. The van der Waals surface area contributed by atoms with Crippen LogP contribution in [0.2, 0.25) is 5.02 Å². The van der Waals surface area contributed by atoms with E-state index in [4.69, 9.17) is 16.3 Å². The zero-order valence-corrected chi connectivity index (χ0v) is 12.2. The van der Waals surface area contributed by atoms with Gasteiger partial charge in [0.25, 0.3) is 0 Å². The summed E-state index contributed by atoms with van der Waals surface area (Å²) in [7, 11) is 1.83. The Hall–Kier alpha value is -0.570. The van der Waals surface area contributed by atoms with Crippen molar-refractivity contribution in [2.45, 2.75) is 56.2 Å². The summed E-state index contributed by atoms with van der Waals surface area (Å²) in [5, 5.41) is 4.69. The molecule has 2 unspecified atom stereocenters. The minimum absolute atomic E-state index is 0.416. The minimum Gasteiger partial charge on any atom is -0.380 e. The Kier molecular flexibility index (Phi) is 4.11. The van der Waals surface area contributed by atoms with E-state index in [0.29, 0.717) is 24.1 Å². The zero-order chi connectivity index (χ0) is 13.2. The van der Waals surface area contributed by atoms with Gasteiger partial charge in [-0.15, -0.1) is 0 Å². The van der Waals surface area contributed by atoms with Gasteiger partial charge in [-0.05, 0) is 49.7 Å². The second kappa shape index (κ2) is 5.82. The summed E-state index contributed by atoms with van der Waals surface area (Å²) in [6.45, 7) is 0. The third kappa shape index (κ3) is 2.81. The van der Waals surface area contributed by atoms with Crippen LogP contribution in [0.25, 0.3) is 0 Å². The first-order valence-electron chi connectivity index (χ1n) is 7.31. The van der Waals surface area contributed by atoms with Crippen molar-refractivity contribution in [3.8, 4) is 0 Å². The number of ether oxygens (including phenoxy) is 1. The molecule has 0 radical (unpaired) electrons. The van der Waals surface area contributed by atoms with Crippen molar-refractivity contribution in [3.63, 3.8) is 0 Å². The van der Waals surface area contributed by atoms with Gasteiger partial charge in [-0.2, -0.15) is 0 Å². The van der Waals surface area contributed by atoms with Gasteiger partial charge in [0, 0.05) is 24.2 Å². The highest BCUT2D eigenvalue weighted by molar-refractivity contribution is 6.31. The highest BCUT2D eigenvalue weighted by atomic mass is 35.5. The Morgan fingerprint density at radius 3 is 2.74 bits per heavy atom. The molecule has 1 aromatic carbocycles. The van der Waals surface area contributed by atoms with Gasteiger partial charge in [0.2, 0.25) is 0 Å². The summed E-state index contributed by atoms with van der Waals surface area (Å²) < 4.78 is 5.54. The average Bonchev–Trinajstić information content (AvgIpc) is 2.82. The second-order valence-electron chi connectivity index (χ2n) is 5.86. The van der Waals surface area contributed by atoms with Crippen LogP contribution >= 0.6 is 11.6 Å². The maximum atomic E-state index is 6.25. The molecule has 2 nitrogen and oxygen atoms in total. The normalized spacial score (nSPS) is 34.2. The quantitative estimate of drug-likeness (QED) is 0.906. The largest absolute Gasteiger partial charge is 0.380 e. The van der Waals surface area contributed by atoms with Crippen LogP contribution in [0.3, 0.4) is 0 Å². The van der Waals surface area contributed by atoms with Crippen LogP contribution < -0.4 is 5.32 Å². The van der Waals surface area contributed by atoms with Crippen molar-refractivity contribution in [1.29, 1.82) is 0 Å². The molecule has 0 aromatic heterocycles. The van der Waals surface area contributed by atoms with Gasteiger partial charge in [-0.1, -0.05) is 29.8 Å². The number of methoxy groups -OCH3 is 1. The van der Waals surface area contributed by atoms with Gasteiger partial charge < -0.3 is 10.1 Å². The molecule has 104 valence electrons. The third-order valence-corrected chi connectivity index (χ3v) is 5.03. The standard InChI is InChI=1S/C16H22ClNO/c1-19-16-8-4-7-15(16)18-12-9-11(10-12)13-5-2-3-6-14(13)17/h2-3,5-6,11-12,15-16,18H,4,7-10H2,1H3. The summed E-state index contributed by atoms with van der Waals surface area (Å²) in [5.74, 6) is 0.633. The van der Waals surface area contributed by atoms with Gasteiger partial charge in [-0.25, -0.2) is 0 Å². The Morgan fingerprint density at radius 2 is 2.00 bits per heavy atom. The molecule has 2 saturated carbocycles. The summed E-state index contributed by atoms with van der Waals surface area (Å²) in [6.07, 6.45) is 6.57. The Balaban J connectivity index is 1.52. The molecule has 0 bridgehead atoms. The molecular formula is C16H22ClNO. The molecule has 2 aliphatic rings. The molecule has 0 saturated heterocycles. The number of hydrogen-bond donors (Lipinski definition) is 1. The molecule has 1 aromatic rings. The Labute approximate surface area is 120 Å². The van der Waals surface area contributed by atoms with Gasteiger partial charge in [0.05, 0.1) is 6.10 Å². The molecule has 0 aliphatic heterocycles. The van der Waals surface area contributed by atoms with Gasteiger partial charge in [-0.3, -0.25) is 0 Å². The molecule has 2 fully saturated rings. The minimum atomic E-state index is 0.416. The molecule has 0 amide bonds. The van der Waals surface area contributed by atoms with Crippen molar-refractivity contribution >= 4 is 11.6 Å². The number of halogens is 1. The van der Waals surface area contributed by atoms with Crippen LogP contribution in [-0.4, -0.2) is 25.3 Å². The van der Waals surface area contributed by atoms with Crippen LogP contribution in [-0.2, 0) is 4.74 Å². The van der Waals surface area contributed by atoms with Crippen LogP contribution in [0.1, 0.15) is 43.6 Å². The monoisotopic (exact) mass is 279 g/mol. The van der Waals surface area contributed by atoms with E-state index >= 15 is 0 Å². The summed E-state index contributed by atoms with van der Waals surface area (Å²) in [5.41, 5.74) is 1.32. The first-order valence-corrected chi connectivity index (χ1v) is 7.69. The van der Waals surface area contributed by atoms with E-state index < -0.39 is 0 Å². The van der Waals surface area contributed by atoms with E-state index in [0.717, 1.165) is 5.02 Å². The fourth-order valence-corrected chi connectivity index (χ4v) is 3.81. The van der Waals surface area contributed by atoms with E-state index in [9.17, 15) is 0 Å². The van der Waals surface area contributed by atoms with Gasteiger partial charge in [0.15, 0.2) is 0 Å². The van der Waals surface area contributed by atoms with Crippen LogP contribution in [0.15, 0.2) is 24.3 Å². The molecule has 1 N–H and O–H groups in total. The average molecular weight is 280 g/mol. The number of benzene rings is 1. The SMILES string of the molecule is COC1CCCC1NC1CC(c2ccccc2Cl)C1. The van der Waals surface area contributed by atoms with Crippen LogP contribution in [0.4, 0.5) is 0 Å². The van der Waals surface area contributed by atoms with E-state index in [1.807, 2.05) is 19.2 Å². The van der Waals surface area contributed by atoms with Crippen molar-refractivity contribution in [2.75, 3.05) is 7.11 Å². The first-order chi connectivity index (χ1) is 9.28. The van der Waals surface area contributed by atoms with Gasteiger partial charge >= 0.3 is 0 Å². The third-order valence-electron chi connectivity index (χ3n) is 4.69. The molecule has 3 heteroatoms. The molecule has 0 spiro atoms. The molecule has 3 rings (SSSR count). The fourth-order valence-electron chi connectivity index (χ4n) is 3.52. The lowest BCUT2D eigenvalue weighted by Crippen LogP contribution is -2.48. The molecule has 0 heterocycles. The topological polar surface area (TPSA) is 21.3 Å². The Bertz CT molecular complexity index is 431.